The molecule has 0 aromatic carbocycles. The van der Waals surface area contributed by atoms with Crippen LogP contribution < -0.4 is 0 Å². The van der Waals surface area contributed by atoms with Crippen molar-refractivity contribution in [2.45, 2.75) is 129 Å². The molecule has 0 heterocycles. The summed E-state index contributed by atoms with van der Waals surface area (Å²) in [6.07, 6.45) is 19.0. The van der Waals surface area contributed by atoms with Crippen LogP contribution in [0, 0.1) is 11.8 Å². The largest absolute Gasteiger partial charge is 0.369 e. The van der Waals surface area contributed by atoms with Gasteiger partial charge in [-0.2, -0.15) is 0 Å². The van der Waals surface area contributed by atoms with E-state index in [0.717, 1.165) is 11.8 Å². The summed E-state index contributed by atoms with van der Waals surface area (Å²) in [4.78, 5) is 0. The van der Waals surface area contributed by atoms with Crippen molar-refractivity contribution in [1.29, 1.82) is 0 Å². The van der Waals surface area contributed by atoms with E-state index in [4.69, 9.17) is 4.74 Å². The molecule has 0 spiro atoms. The third-order valence-corrected chi connectivity index (χ3v) is 6.32. The molecular weight excluding hydrogens is 280 g/mol. The average molecular weight is 323 g/mol. The van der Waals surface area contributed by atoms with Gasteiger partial charge in [-0.25, -0.2) is 0 Å². The van der Waals surface area contributed by atoms with Crippen LogP contribution in [0.25, 0.3) is 0 Å². The number of hydrogen-bond acceptors (Lipinski definition) is 1. The molecule has 0 amide bonds. The van der Waals surface area contributed by atoms with Crippen LogP contribution in [0.2, 0.25) is 0 Å². The SMILES string of the molecule is CC(C)CCC1(OC2(CCC(C)C)CCCCC2)CCCCC1. The molecule has 0 aromatic heterocycles. The minimum Gasteiger partial charge on any atom is -0.369 e. The Labute approximate surface area is 146 Å². The zero-order valence-electron chi connectivity index (χ0n) is 16.5. The highest BCUT2D eigenvalue weighted by Crippen LogP contribution is 2.45. The van der Waals surface area contributed by atoms with Crippen molar-refractivity contribution >= 4 is 0 Å². The fourth-order valence-corrected chi connectivity index (χ4v) is 4.76. The maximum atomic E-state index is 7.21. The van der Waals surface area contributed by atoms with Crippen LogP contribution in [0.15, 0.2) is 0 Å². The fourth-order valence-electron chi connectivity index (χ4n) is 4.76. The van der Waals surface area contributed by atoms with E-state index in [0.29, 0.717) is 0 Å². The lowest BCUT2D eigenvalue weighted by molar-refractivity contribution is -0.193. The molecule has 2 rings (SSSR count). The van der Waals surface area contributed by atoms with Gasteiger partial charge < -0.3 is 4.74 Å². The normalized spacial score (nSPS) is 24.3. The minimum absolute atomic E-state index is 0.219. The summed E-state index contributed by atoms with van der Waals surface area (Å²) in [7, 11) is 0. The molecule has 136 valence electrons. The Morgan fingerprint density at radius 2 is 0.957 bits per heavy atom. The van der Waals surface area contributed by atoms with E-state index in [1.165, 1.54) is 89.9 Å². The molecule has 0 saturated heterocycles. The summed E-state index contributed by atoms with van der Waals surface area (Å²) in [5.41, 5.74) is 0.438. The van der Waals surface area contributed by atoms with Crippen molar-refractivity contribution in [3.63, 3.8) is 0 Å². The molecule has 0 bridgehead atoms. The molecule has 1 heteroatoms. The van der Waals surface area contributed by atoms with Gasteiger partial charge in [-0.05, 0) is 63.2 Å². The lowest BCUT2D eigenvalue weighted by Gasteiger charge is -2.48. The van der Waals surface area contributed by atoms with Gasteiger partial charge in [0.25, 0.3) is 0 Å². The molecule has 0 N–H and O–H groups in total. The van der Waals surface area contributed by atoms with Crippen molar-refractivity contribution in [3.05, 3.63) is 0 Å². The van der Waals surface area contributed by atoms with E-state index >= 15 is 0 Å². The van der Waals surface area contributed by atoms with Gasteiger partial charge in [-0.3, -0.25) is 0 Å². The summed E-state index contributed by atoms with van der Waals surface area (Å²) in [6.45, 7) is 9.47. The van der Waals surface area contributed by atoms with Crippen molar-refractivity contribution < 1.29 is 4.74 Å². The van der Waals surface area contributed by atoms with Crippen LogP contribution in [0.3, 0.4) is 0 Å². The number of rotatable bonds is 8. The molecule has 0 aliphatic heterocycles. The predicted octanol–water partition coefficient (Wildman–Crippen LogP) is 7.28. The van der Waals surface area contributed by atoms with E-state index in [-0.39, 0.29) is 11.2 Å². The Bertz CT molecular complexity index is 287. The lowest BCUT2D eigenvalue weighted by Crippen LogP contribution is -2.47. The summed E-state index contributed by atoms with van der Waals surface area (Å²) in [6, 6.07) is 0. The zero-order chi connectivity index (χ0) is 16.8. The Balaban J connectivity index is 2.08. The van der Waals surface area contributed by atoms with Crippen LogP contribution in [0.4, 0.5) is 0 Å². The second-order valence-electron chi connectivity index (χ2n) is 9.45. The van der Waals surface area contributed by atoms with E-state index in [1.54, 1.807) is 0 Å². The van der Waals surface area contributed by atoms with Gasteiger partial charge in [-0.1, -0.05) is 66.2 Å². The molecule has 23 heavy (non-hydrogen) atoms. The molecule has 0 atom stereocenters. The maximum Gasteiger partial charge on any atom is 0.0690 e. The first kappa shape index (κ1) is 19.3. The van der Waals surface area contributed by atoms with Crippen molar-refractivity contribution in [1.82, 2.24) is 0 Å². The molecule has 2 fully saturated rings. The van der Waals surface area contributed by atoms with Gasteiger partial charge in [0.15, 0.2) is 0 Å². The van der Waals surface area contributed by atoms with E-state index in [1.807, 2.05) is 0 Å². The van der Waals surface area contributed by atoms with Crippen molar-refractivity contribution in [3.8, 4) is 0 Å². The van der Waals surface area contributed by atoms with Crippen molar-refractivity contribution in [2.75, 3.05) is 0 Å². The van der Waals surface area contributed by atoms with Gasteiger partial charge >= 0.3 is 0 Å². The lowest BCUT2D eigenvalue weighted by atomic mass is 9.76. The van der Waals surface area contributed by atoms with Crippen LogP contribution in [-0.4, -0.2) is 11.2 Å². The molecule has 0 radical (unpaired) electrons. The zero-order valence-corrected chi connectivity index (χ0v) is 16.5. The van der Waals surface area contributed by atoms with E-state index in [9.17, 15) is 0 Å². The predicted molar refractivity (Wildman–Crippen MR) is 101 cm³/mol. The quantitative estimate of drug-likeness (QED) is 0.456. The van der Waals surface area contributed by atoms with Crippen molar-refractivity contribution in [2.24, 2.45) is 11.8 Å². The summed E-state index contributed by atoms with van der Waals surface area (Å²) < 4.78 is 7.21. The van der Waals surface area contributed by atoms with Gasteiger partial charge in [0.05, 0.1) is 11.2 Å². The smallest absolute Gasteiger partial charge is 0.0690 e. The van der Waals surface area contributed by atoms with E-state index in [2.05, 4.69) is 27.7 Å². The number of ether oxygens (including phenoxy) is 1. The molecule has 2 saturated carbocycles. The Hall–Kier alpha value is -0.0400. The van der Waals surface area contributed by atoms with E-state index < -0.39 is 0 Å². The molecule has 0 unspecified atom stereocenters. The van der Waals surface area contributed by atoms with Crippen LogP contribution in [-0.2, 0) is 4.74 Å². The highest BCUT2D eigenvalue weighted by molar-refractivity contribution is 4.93. The standard InChI is InChI=1S/C22H42O/c1-19(2)11-17-21(13-7-5-8-14-21)23-22(18-12-20(3)4)15-9-6-10-16-22/h19-20H,5-18H2,1-4H3. The van der Waals surface area contributed by atoms with Crippen LogP contribution in [0.5, 0.6) is 0 Å². The van der Waals surface area contributed by atoms with Gasteiger partial charge in [0.2, 0.25) is 0 Å². The molecular formula is C22H42O. The van der Waals surface area contributed by atoms with Crippen LogP contribution >= 0.6 is 0 Å². The maximum absolute atomic E-state index is 7.21. The molecule has 2 aliphatic rings. The summed E-state index contributed by atoms with van der Waals surface area (Å²) >= 11 is 0. The third-order valence-electron chi connectivity index (χ3n) is 6.32. The number of hydrogen-bond donors (Lipinski definition) is 0. The first-order chi connectivity index (χ1) is 11.0. The Kier molecular flexibility index (Phi) is 7.45. The highest BCUT2D eigenvalue weighted by Gasteiger charge is 2.42. The molecule has 1 nitrogen and oxygen atoms in total. The Morgan fingerprint density at radius 3 is 1.26 bits per heavy atom. The highest BCUT2D eigenvalue weighted by atomic mass is 16.5. The first-order valence-corrected chi connectivity index (χ1v) is 10.7. The van der Waals surface area contributed by atoms with Gasteiger partial charge in [0.1, 0.15) is 0 Å². The summed E-state index contributed by atoms with van der Waals surface area (Å²) in [5, 5.41) is 0. The minimum atomic E-state index is 0.219. The first-order valence-electron chi connectivity index (χ1n) is 10.7. The van der Waals surface area contributed by atoms with Crippen LogP contribution in [0.1, 0.15) is 118 Å². The van der Waals surface area contributed by atoms with Gasteiger partial charge in [-0.15, -0.1) is 0 Å². The van der Waals surface area contributed by atoms with Gasteiger partial charge in [0, 0.05) is 0 Å². The summed E-state index contributed by atoms with van der Waals surface area (Å²) in [5.74, 6) is 1.60. The average Bonchev–Trinajstić information content (AvgIpc) is 2.53. The third kappa shape index (κ3) is 6.07. The Morgan fingerprint density at radius 1 is 0.609 bits per heavy atom. The topological polar surface area (TPSA) is 9.23 Å². The molecule has 0 aromatic rings. The second kappa shape index (κ2) is 8.88. The monoisotopic (exact) mass is 322 g/mol. The fraction of sp³-hybridized carbons (Fsp3) is 1.00. The second-order valence-corrected chi connectivity index (χ2v) is 9.45. The molecule has 2 aliphatic carbocycles.